The predicted octanol–water partition coefficient (Wildman–Crippen LogP) is 3.46. The Balaban J connectivity index is 2.14. The van der Waals surface area contributed by atoms with Crippen molar-refractivity contribution in [3.63, 3.8) is 0 Å². The molecule has 1 unspecified atom stereocenters. The van der Waals surface area contributed by atoms with Gasteiger partial charge in [-0.25, -0.2) is 0 Å². The highest BCUT2D eigenvalue weighted by Gasteiger charge is 2.34. The first-order valence-electron chi connectivity index (χ1n) is 7.03. The standard InChI is InChI=1S/C20H16OSi/c1-4-5-6-7-8-12-15-19-16-17-20(21-22(19,2)3)18-13-10-9-11-14-18/h1,9-11,13-14,16,20H,17H2,2-3H3. The minimum Gasteiger partial charge on any atom is -0.405 e. The van der Waals surface area contributed by atoms with Gasteiger partial charge in [-0.2, -0.15) is 0 Å². The Kier molecular flexibility index (Phi) is 5.30. The molecule has 106 valence electrons. The first-order chi connectivity index (χ1) is 10.6. The number of rotatable bonds is 1. The zero-order chi connectivity index (χ0) is 15.8. The van der Waals surface area contributed by atoms with Gasteiger partial charge in [-0.3, -0.25) is 0 Å². The van der Waals surface area contributed by atoms with Crippen LogP contribution in [-0.4, -0.2) is 8.32 Å². The maximum absolute atomic E-state index is 6.33. The Hall–Kier alpha value is -2.62. The largest absolute Gasteiger partial charge is 0.405 e. The molecule has 0 spiro atoms. The molecule has 22 heavy (non-hydrogen) atoms. The molecule has 1 heterocycles. The maximum atomic E-state index is 6.33. The lowest BCUT2D eigenvalue weighted by Crippen LogP contribution is -2.37. The van der Waals surface area contributed by atoms with Crippen LogP contribution in [0.15, 0.2) is 41.6 Å². The summed E-state index contributed by atoms with van der Waals surface area (Å²) in [7, 11) is -1.99. The van der Waals surface area contributed by atoms with Crippen LogP contribution in [0.2, 0.25) is 13.1 Å². The Labute approximate surface area is 133 Å². The maximum Gasteiger partial charge on any atom is 0.227 e. The molecule has 0 amide bonds. The van der Waals surface area contributed by atoms with Crippen molar-refractivity contribution in [3.8, 4) is 47.9 Å². The molecule has 1 aliphatic rings. The van der Waals surface area contributed by atoms with Gasteiger partial charge in [0.25, 0.3) is 0 Å². The van der Waals surface area contributed by atoms with Crippen molar-refractivity contribution in [2.24, 2.45) is 0 Å². The summed E-state index contributed by atoms with van der Waals surface area (Å²) < 4.78 is 6.33. The van der Waals surface area contributed by atoms with E-state index < -0.39 is 8.32 Å². The topological polar surface area (TPSA) is 9.23 Å². The average molecular weight is 300 g/mol. The third-order valence-corrected chi connectivity index (χ3v) is 5.81. The molecule has 0 radical (unpaired) electrons. The molecule has 1 aromatic rings. The third kappa shape index (κ3) is 4.18. The monoisotopic (exact) mass is 300 g/mol. The van der Waals surface area contributed by atoms with Crippen molar-refractivity contribution in [3.05, 3.63) is 47.2 Å². The van der Waals surface area contributed by atoms with Crippen LogP contribution in [0.4, 0.5) is 0 Å². The van der Waals surface area contributed by atoms with E-state index in [1.807, 2.05) is 18.2 Å². The summed E-state index contributed by atoms with van der Waals surface area (Å²) in [6.45, 7) is 4.32. The minimum absolute atomic E-state index is 0.126. The predicted molar refractivity (Wildman–Crippen MR) is 92.6 cm³/mol. The molecule has 0 saturated carbocycles. The quantitative estimate of drug-likeness (QED) is 0.570. The summed E-state index contributed by atoms with van der Waals surface area (Å²) in [4.78, 5) is 0. The van der Waals surface area contributed by atoms with Gasteiger partial charge in [-0.05, 0) is 60.6 Å². The lowest BCUT2D eigenvalue weighted by atomic mass is 10.1. The van der Waals surface area contributed by atoms with Gasteiger partial charge < -0.3 is 4.43 Å². The molecule has 1 aromatic carbocycles. The molecular formula is C20H16OSi. The zero-order valence-corrected chi connectivity index (χ0v) is 13.7. The van der Waals surface area contributed by atoms with Crippen LogP contribution in [0.1, 0.15) is 18.1 Å². The summed E-state index contributed by atoms with van der Waals surface area (Å²) >= 11 is 0. The van der Waals surface area contributed by atoms with E-state index in [4.69, 9.17) is 10.8 Å². The van der Waals surface area contributed by atoms with E-state index in [0.29, 0.717) is 0 Å². The van der Waals surface area contributed by atoms with Crippen LogP contribution in [0, 0.1) is 47.9 Å². The molecule has 0 aromatic heterocycles. The van der Waals surface area contributed by atoms with Gasteiger partial charge in [0.15, 0.2) is 0 Å². The smallest absolute Gasteiger partial charge is 0.227 e. The zero-order valence-electron chi connectivity index (χ0n) is 12.7. The second-order valence-corrected chi connectivity index (χ2v) is 9.07. The van der Waals surface area contributed by atoms with Gasteiger partial charge in [0, 0.05) is 5.20 Å². The van der Waals surface area contributed by atoms with Gasteiger partial charge in [-0.15, -0.1) is 6.42 Å². The highest BCUT2D eigenvalue weighted by Crippen LogP contribution is 2.34. The molecule has 1 atom stereocenters. The Morgan fingerprint density at radius 3 is 2.41 bits per heavy atom. The summed E-state index contributed by atoms with van der Waals surface area (Å²) in [5.74, 6) is 18.4. The molecular weight excluding hydrogens is 284 g/mol. The second-order valence-electron chi connectivity index (χ2n) is 5.28. The number of hydrogen-bond donors (Lipinski definition) is 0. The lowest BCUT2D eigenvalue weighted by Gasteiger charge is -2.33. The fourth-order valence-electron chi connectivity index (χ4n) is 2.24. The van der Waals surface area contributed by atoms with Gasteiger partial charge in [0.1, 0.15) is 0 Å². The minimum atomic E-state index is -1.99. The second kappa shape index (κ2) is 7.40. The number of terminal acetylenes is 1. The molecule has 0 bridgehead atoms. The highest BCUT2D eigenvalue weighted by atomic mass is 28.4. The van der Waals surface area contributed by atoms with Crippen LogP contribution in [0.3, 0.4) is 0 Å². The van der Waals surface area contributed by atoms with E-state index in [-0.39, 0.29) is 6.10 Å². The van der Waals surface area contributed by atoms with E-state index in [9.17, 15) is 0 Å². The van der Waals surface area contributed by atoms with Crippen LogP contribution >= 0.6 is 0 Å². The molecule has 0 saturated heterocycles. The molecule has 2 rings (SSSR count). The molecule has 0 aliphatic carbocycles. The molecule has 1 aliphatic heterocycles. The van der Waals surface area contributed by atoms with Crippen molar-refractivity contribution in [2.75, 3.05) is 0 Å². The summed E-state index contributed by atoms with van der Waals surface area (Å²) in [6, 6.07) is 10.3. The molecule has 0 fully saturated rings. The van der Waals surface area contributed by atoms with Crippen molar-refractivity contribution >= 4 is 8.32 Å². The normalized spacial score (nSPS) is 18.0. The van der Waals surface area contributed by atoms with Gasteiger partial charge in [-0.1, -0.05) is 42.3 Å². The van der Waals surface area contributed by atoms with Crippen molar-refractivity contribution < 1.29 is 4.43 Å². The van der Waals surface area contributed by atoms with Crippen LogP contribution in [0.5, 0.6) is 0 Å². The van der Waals surface area contributed by atoms with E-state index >= 15 is 0 Å². The molecule has 1 nitrogen and oxygen atoms in total. The van der Waals surface area contributed by atoms with Gasteiger partial charge >= 0.3 is 0 Å². The average Bonchev–Trinajstić information content (AvgIpc) is 2.52. The highest BCUT2D eigenvalue weighted by molar-refractivity contribution is 6.79. The number of allylic oxidation sites excluding steroid dienone is 1. The Morgan fingerprint density at radius 2 is 1.73 bits per heavy atom. The van der Waals surface area contributed by atoms with Crippen molar-refractivity contribution in [1.29, 1.82) is 0 Å². The van der Waals surface area contributed by atoms with Crippen LogP contribution < -0.4 is 0 Å². The van der Waals surface area contributed by atoms with E-state index in [2.05, 4.69) is 72.7 Å². The van der Waals surface area contributed by atoms with Crippen LogP contribution in [0.25, 0.3) is 0 Å². The number of hydrogen-bond acceptors (Lipinski definition) is 1. The molecule has 0 N–H and O–H groups in total. The summed E-state index contributed by atoms with van der Waals surface area (Å²) in [5.41, 5.74) is 1.22. The fraction of sp³-hybridized carbons (Fsp3) is 0.200. The third-order valence-electron chi connectivity index (χ3n) is 3.31. The van der Waals surface area contributed by atoms with E-state index in [1.54, 1.807) is 0 Å². The number of benzene rings is 1. The Bertz CT molecular complexity index is 790. The first kappa shape index (κ1) is 15.8. The van der Waals surface area contributed by atoms with Crippen molar-refractivity contribution in [2.45, 2.75) is 25.6 Å². The lowest BCUT2D eigenvalue weighted by molar-refractivity contribution is 0.196. The fourth-order valence-corrected chi connectivity index (χ4v) is 4.28. The van der Waals surface area contributed by atoms with Crippen LogP contribution in [-0.2, 0) is 4.43 Å². The molecule has 2 heteroatoms. The van der Waals surface area contributed by atoms with E-state index in [1.165, 1.54) is 5.56 Å². The van der Waals surface area contributed by atoms with Gasteiger partial charge in [0.05, 0.1) is 6.10 Å². The first-order valence-corrected chi connectivity index (χ1v) is 9.94. The van der Waals surface area contributed by atoms with Gasteiger partial charge in [0.2, 0.25) is 8.32 Å². The van der Waals surface area contributed by atoms with Crippen molar-refractivity contribution in [1.82, 2.24) is 0 Å². The summed E-state index contributed by atoms with van der Waals surface area (Å²) in [5, 5.41) is 1.08. The van der Waals surface area contributed by atoms with E-state index in [0.717, 1.165) is 11.6 Å². The summed E-state index contributed by atoms with van der Waals surface area (Å²) in [6.07, 6.45) is 8.17. The SMILES string of the molecule is C#CC#CC#CC#CC1=CCC(c2ccccc2)O[Si]1(C)C. The Morgan fingerprint density at radius 1 is 1.05 bits per heavy atom.